The first kappa shape index (κ1) is 17.7. The topological polar surface area (TPSA) is 64.3 Å². The van der Waals surface area contributed by atoms with Gasteiger partial charge in [0.25, 0.3) is 0 Å². The average molecular weight is 374 g/mol. The molecule has 1 amide bonds. The van der Waals surface area contributed by atoms with E-state index in [9.17, 15) is 4.79 Å². The minimum Gasteiger partial charge on any atom is -0.492 e. The number of halogens is 3. The number of anilines is 2. The van der Waals surface area contributed by atoms with Crippen molar-refractivity contribution in [2.45, 2.75) is 12.8 Å². The van der Waals surface area contributed by atoms with Crippen LogP contribution in [0.15, 0.2) is 36.4 Å². The largest absolute Gasteiger partial charge is 0.492 e. The van der Waals surface area contributed by atoms with Gasteiger partial charge in [0.15, 0.2) is 0 Å². The number of nitrogens with two attached hydrogens (primary N) is 1. The van der Waals surface area contributed by atoms with Crippen LogP contribution >= 0.6 is 34.8 Å². The number of nitrogen functional groups attached to an aromatic ring is 1. The minimum atomic E-state index is -0.150. The van der Waals surface area contributed by atoms with Crippen LogP contribution in [0.2, 0.25) is 15.1 Å². The maximum atomic E-state index is 11.9. The van der Waals surface area contributed by atoms with Gasteiger partial charge in [0.2, 0.25) is 5.91 Å². The van der Waals surface area contributed by atoms with Crippen molar-refractivity contribution in [1.82, 2.24) is 0 Å². The second kappa shape index (κ2) is 8.29. The van der Waals surface area contributed by atoms with Crippen molar-refractivity contribution >= 4 is 52.1 Å². The van der Waals surface area contributed by atoms with Gasteiger partial charge in [-0.3, -0.25) is 4.79 Å². The molecule has 2 aromatic rings. The molecule has 0 unspecified atom stereocenters. The minimum absolute atomic E-state index is 0.150. The van der Waals surface area contributed by atoms with Crippen molar-refractivity contribution in [1.29, 1.82) is 0 Å². The molecule has 7 heteroatoms. The summed E-state index contributed by atoms with van der Waals surface area (Å²) in [6, 6.07) is 9.92. The normalized spacial score (nSPS) is 10.4. The lowest BCUT2D eigenvalue weighted by atomic mass is 10.2. The number of hydrogen-bond donors (Lipinski definition) is 2. The predicted octanol–water partition coefficient (Wildman–Crippen LogP) is 5.03. The molecule has 0 heterocycles. The Kier molecular flexibility index (Phi) is 6.39. The summed E-state index contributed by atoms with van der Waals surface area (Å²) in [5.74, 6) is 0.389. The van der Waals surface area contributed by atoms with Crippen molar-refractivity contribution in [2.75, 3.05) is 17.7 Å². The van der Waals surface area contributed by atoms with Crippen molar-refractivity contribution in [2.24, 2.45) is 0 Å². The number of hydrogen-bond acceptors (Lipinski definition) is 3. The van der Waals surface area contributed by atoms with E-state index in [4.69, 9.17) is 45.3 Å². The van der Waals surface area contributed by atoms with E-state index in [0.29, 0.717) is 51.6 Å². The second-order valence-electron chi connectivity index (χ2n) is 4.81. The fraction of sp³-hybridized carbons (Fsp3) is 0.188. The van der Waals surface area contributed by atoms with Crippen LogP contribution in [0.3, 0.4) is 0 Å². The third kappa shape index (κ3) is 5.50. The van der Waals surface area contributed by atoms with Gasteiger partial charge in [0, 0.05) is 17.1 Å². The Labute approximate surface area is 149 Å². The number of carbonyl (C=O) groups is 1. The number of benzene rings is 2. The predicted molar refractivity (Wildman–Crippen MR) is 95.7 cm³/mol. The standard InChI is InChI=1S/C16H15Cl3N2O2/c17-10-3-6-15(13(19)8-10)23-7-1-2-16(22)21-14-5-4-11(20)9-12(14)18/h3-6,8-9H,1-2,7,20H2,(H,21,22). The summed E-state index contributed by atoms with van der Waals surface area (Å²) in [6.45, 7) is 0.365. The zero-order valence-corrected chi connectivity index (χ0v) is 14.4. The van der Waals surface area contributed by atoms with E-state index in [1.54, 1.807) is 36.4 Å². The molecule has 0 saturated carbocycles. The smallest absolute Gasteiger partial charge is 0.224 e. The molecule has 122 valence electrons. The SMILES string of the molecule is Nc1ccc(NC(=O)CCCOc2ccc(Cl)cc2Cl)c(Cl)c1. The molecule has 0 aliphatic heterocycles. The van der Waals surface area contributed by atoms with Crippen LogP contribution in [0, 0.1) is 0 Å². The zero-order chi connectivity index (χ0) is 16.8. The molecular weight excluding hydrogens is 359 g/mol. The summed E-state index contributed by atoms with van der Waals surface area (Å²) in [5, 5.41) is 4.12. The highest BCUT2D eigenvalue weighted by Crippen LogP contribution is 2.27. The Balaban J connectivity index is 1.76. The van der Waals surface area contributed by atoms with E-state index in [2.05, 4.69) is 5.32 Å². The third-order valence-corrected chi connectivity index (χ3v) is 3.81. The van der Waals surface area contributed by atoms with Gasteiger partial charge < -0.3 is 15.8 Å². The van der Waals surface area contributed by atoms with Crippen molar-refractivity contribution < 1.29 is 9.53 Å². The Hall–Kier alpha value is -1.62. The fourth-order valence-corrected chi connectivity index (χ4v) is 2.55. The molecule has 0 fully saturated rings. The fourth-order valence-electron chi connectivity index (χ4n) is 1.85. The van der Waals surface area contributed by atoms with Crippen molar-refractivity contribution in [3.63, 3.8) is 0 Å². The molecular formula is C16H15Cl3N2O2. The van der Waals surface area contributed by atoms with E-state index in [1.807, 2.05) is 0 Å². The average Bonchev–Trinajstić information content (AvgIpc) is 2.48. The Morgan fingerprint density at radius 2 is 1.87 bits per heavy atom. The number of rotatable bonds is 6. The molecule has 3 N–H and O–H groups in total. The van der Waals surface area contributed by atoms with Crippen LogP contribution in [0.5, 0.6) is 5.75 Å². The highest BCUT2D eigenvalue weighted by Gasteiger charge is 2.07. The van der Waals surface area contributed by atoms with Crippen LogP contribution in [0.4, 0.5) is 11.4 Å². The lowest BCUT2D eigenvalue weighted by Gasteiger charge is -2.09. The molecule has 0 aliphatic carbocycles. The Bertz CT molecular complexity index is 708. The number of ether oxygens (including phenoxy) is 1. The Morgan fingerprint density at radius 1 is 1.09 bits per heavy atom. The van der Waals surface area contributed by atoms with Gasteiger partial charge in [-0.15, -0.1) is 0 Å². The molecule has 0 bridgehead atoms. The molecule has 2 aromatic carbocycles. The summed E-state index contributed by atoms with van der Waals surface area (Å²) < 4.78 is 5.52. The molecule has 0 aromatic heterocycles. The maximum Gasteiger partial charge on any atom is 0.224 e. The third-order valence-electron chi connectivity index (χ3n) is 2.97. The van der Waals surface area contributed by atoms with Gasteiger partial charge in [-0.2, -0.15) is 0 Å². The monoisotopic (exact) mass is 372 g/mol. The summed E-state index contributed by atoms with van der Waals surface area (Å²) in [4.78, 5) is 11.9. The van der Waals surface area contributed by atoms with Crippen molar-refractivity contribution in [3.8, 4) is 5.75 Å². The van der Waals surface area contributed by atoms with Crippen LogP contribution in [0.1, 0.15) is 12.8 Å². The first-order valence-corrected chi connectivity index (χ1v) is 8.02. The van der Waals surface area contributed by atoms with E-state index in [0.717, 1.165) is 0 Å². The zero-order valence-electron chi connectivity index (χ0n) is 12.1. The van der Waals surface area contributed by atoms with Crippen LogP contribution in [0.25, 0.3) is 0 Å². The van der Waals surface area contributed by atoms with Gasteiger partial charge in [-0.1, -0.05) is 34.8 Å². The van der Waals surface area contributed by atoms with Crippen molar-refractivity contribution in [3.05, 3.63) is 51.5 Å². The number of carbonyl (C=O) groups excluding carboxylic acids is 1. The second-order valence-corrected chi connectivity index (χ2v) is 6.07. The van der Waals surface area contributed by atoms with Gasteiger partial charge in [0.1, 0.15) is 5.75 Å². The van der Waals surface area contributed by atoms with E-state index >= 15 is 0 Å². The summed E-state index contributed by atoms with van der Waals surface area (Å²) >= 11 is 17.8. The molecule has 0 atom stereocenters. The lowest BCUT2D eigenvalue weighted by Crippen LogP contribution is -2.13. The van der Waals surface area contributed by atoms with Crippen LogP contribution < -0.4 is 15.8 Å². The maximum absolute atomic E-state index is 11.9. The molecule has 0 saturated heterocycles. The molecule has 2 rings (SSSR count). The molecule has 0 spiro atoms. The van der Waals surface area contributed by atoms with Gasteiger partial charge in [0.05, 0.1) is 22.3 Å². The molecule has 0 aliphatic rings. The first-order valence-electron chi connectivity index (χ1n) is 6.88. The molecule has 4 nitrogen and oxygen atoms in total. The van der Waals surface area contributed by atoms with Gasteiger partial charge in [-0.05, 0) is 42.8 Å². The van der Waals surface area contributed by atoms with Gasteiger partial charge >= 0.3 is 0 Å². The molecule has 0 radical (unpaired) electrons. The first-order chi connectivity index (χ1) is 11.0. The summed E-state index contributed by atoms with van der Waals surface area (Å²) in [6.07, 6.45) is 0.837. The van der Waals surface area contributed by atoms with E-state index in [-0.39, 0.29) is 5.91 Å². The van der Waals surface area contributed by atoms with Crippen LogP contribution in [-0.4, -0.2) is 12.5 Å². The van der Waals surface area contributed by atoms with E-state index in [1.165, 1.54) is 0 Å². The summed E-state index contributed by atoms with van der Waals surface area (Å²) in [7, 11) is 0. The van der Waals surface area contributed by atoms with Crippen LogP contribution in [-0.2, 0) is 4.79 Å². The number of nitrogens with one attached hydrogen (secondary N) is 1. The molecule has 23 heavy (non-hydrogen) atoms. The highest BCUT2D eigenvalue weighted by molar-refractivity contribution is 6.35. The Morgan fingerprint density at radius 3 is 2.57 bits per heavy atom. The lowest BCUT2D eigenvalue weighted by molar-refractivity contribution is -0.116. The van der Waals surface area contributed by atoms with E-state index < -0.39 is 0 Å². The number of amides is 1. The quantitative estimate of drug-likeness (QED) is 0.551. The van der Waals surface area contributed by atoms with Gasteiger partial charge in [-0.25, -0.2) is 0 Å². The summed E-state index contributed by atoms with van der Waals surface area (Å²) in [5.41, 5.74) is 6.68. The highest BCUT2D eigenvalue weighted by atomic mass is 35.5.